The van der Waals surface area contributed by atoms with Crippen LogP contribution in [0, 0.1) is 17.2 Å². The Balaban J connectivity index is 2.38. The van der Waals surface area contributed by atoms with Crippen LogP contribution in [0.4, 0.5) is 0 Å². The van der Waals surface area contributed by atoms with Gasteiger partial charge in [0.2, 0.25) is 5.91 Å². The van der Waals surface area contributed by atoms with Crippen LogP contribution in [-0.4, -0.2) is 17.7 Å². The number of nitrogens with one attached hydrogen (secondary N) is 1. The van der Waals surface area contributed by atoms with Gasteiger partial charge >= 0.3 is 0 Å². The molecule has 0 saturated heterocycles. The molecular weight excluding hydrogens is 232 g/mol. The Bertz CT molecular complexity index is 398. The Morgan fingerprint density at radius 1 is 1.41 bits per heavy atom. The van der Waals surface area contributed by atoms with Crippen molar-refractivity contribution >= 4 is 17.7 Å². The van der Waals surface area contributed by atoms with Crippen molar-refractivity contribution in [3.8, 4) is 6.07 Å². The zero-order chi connectivity index (χ0) is 12.7. The highest BCUT2D eigenvalue weighted by atomic mass is 32.2. The van der Waals surface area contributed by atoms with Gasteiger partial charge in [-0.1, -0.05) is 32.0 Å². The highest BCUT2D eigenvalue weighted by Gasteiger charge is 2.14. The van der Waals surface area contributed by atoms with Gasteiger partial charge in [-0.15, -0.1) is 11.8 Å². The third-order valence-corrected chi connectivity index (χ3v) is 3.25. The summed E-state index contributed by atoms with van der Waals surface area (Å²) >= 11 is 1.47. The lowest BCUT2D eigenvalue weighted by molar-refractivity contribution is -0.119. The van der Waals surface area contributed by atoms with Gasteiger partial charge in [0, 0.05) is 4.90 Å². The number of nitrogens with zero attached hydrogens (tertiary/aromatic N) is 1. The molecule has 0 heterocycles. The fourth-order valence-corrected chi connectivity index (χ4v) is 1.96. The number of rotatable bonds is 5. The molecule has 1 amide bonds. The van der Waals surface area contributed by atoms with Gasteiger partial charge in [-0.05, 0) is 18.1 Å². The van der Waals surface area contributed by atoms with Crippen molar-refractivity contribution in [2.45, 2.75) is 24.8 Å². The lowest BCUT2D eigenvalue weighted by Crippen LogP contribution is -2.38. The maximum atomic E-state index is 11.6. The van der Waals surface area contributed by atoms with Crippen LogP contribution in [0.15, 0.2) is 35.2 Å². The van der Waals surface area contributed by atoms with Crippen molar-refractivity contribution in [1.82, 2.24) is 5.32 Å². The van der Waals surface area contributed by atoms with E-state index in [4.69, 9.17) is 5.26 Å². The molecule has 1 aromatic carbocycles. The zero-order valence-electron chi connectivity index (χ0n) is 10.0. The summed E-state index contributed by atoms with van der Waals surface area (Å²) in [4.78, 5) is 12.7. The van der Waals surface area contributed by atoms with E-state index < -0.39 is 6.04 Å². The Hall–Kier alpha value is -1.47. The van der Waals surface area contributed by atoms with E-state index in [0.29, 0.717) is 5.75 Å². The molecule has 4 heteroatoms. The number of hydrogen-bond donors (Lipinski definition) is 1. The monoisotopic (exact) mass is 248 g/mol. The summed E-state index contributed by atoms with van der Waals surface area (Å²) < 4.78 is 0. The van der Waals surface area contributed by atoms with Gasteiger partial charge in [0.1, 0.15) is 6.04 Å². The molecule has 1 atom stereocenters. The summed E-state index contributed by atoms with van der Waals surface area (Å²) in [5, 5.41) is 11.6. The molecule has 0 aliphatic rings. The lowest BCUT2D eigenvalue weighted by atomic mass is 10.1. The second kappa shape index (κ2) is 6.97. The van der Waals surface area contributed by atoms with Crippen molar-refractivity contribution in [2.24, 2.45) is 5.92 Å². The van der Waals surface area contributed by atoms with Gasteiger partial charge in [-0.25, -0.2) is 0 Å². The Kier molecular flexibility index (Phi) is 5.58. The first-order valence-corrected chi connectivity index (χ1v) is 6.49. The summed E-state index contributed by atoms with van der Waals surface area (Å²) in [6.45, 7) is 3.83. The van der Waals surface area contributed by atoms with E-state index in [1.807, 2.05) is 44.2 Å². The van der Waals surface area contributed by atoms with Crippen LogP contribution in [0.1, 0.15) is 13.8 Å². The van der Waals surface area contributed by atoms with E-state index >= 15 is 0 Å². The van der Waals surface area contributed by atoms with Gasteiger partial charge in [-0.2, -0.15) is 5.26 Å². The average molecular weight is 248 g/mol. The van der Waals surface area contributed by atoms with Crippen LogP contribution >= 0.6 is 11.8 Å². The van der Waals surface area contributed by atoms with Gasteiger partial charge in [-0.3, -0.25) is 4.79 Å². The summed E-state index contributed by atoms with van der Waals surface area (Å²) in [5.74, 6) is 0.374. The molecular formula is C13H16N2OS. The summed E-state index contributed by atoms with van der Waals surface area (Å²) in [7, 11) is 0. The first-order chi connectivity index (χ1) is 8.13. The molecule has 0 aliphatic carbocycles. The predicted octanol–water partition coefficient (Wildman–Crippen LogP) is 2.44. The highest BCUT2D eigenvalue weighted by Crippen LogP contribution is 2.16. The minimum absolute atomic E-state index is 0.0981. The quantitative estimate of drug-likeness (QED) is 0.814. The molecule has 1 N–H and O–H groups in total. The normalized spacial score (nSPS) is 11.9. The molecule has 0 bridgehead atoms. The number of thioether (sulfide) groups is 1. The molecule has 17 heavy (non-hydrogen) atoms. The Morgan fingerprint density at radius 3 is 2.59 bits per heavy atom. The van der Waals surface area contributed by atoms with Crippen LogP contribution in [0.2, 0.25) is 0 Å². The van der Waals surface area contributed by atoms with Gasteiger partial charge in [0.25, 0.3) is 0 Å². The van der Waals surface area contributed by atoms with E-state index in [1.165, 1.54) is 11.8 Å². The van der Waals surface area contributed by atoms with Crippen molar-refractivity contribution < 1.29 is 4.79 Å². The van der Waals surface area contributed by atoms with E-state index in [9.17, 15) is 4.79 Å². The van der Waals surface area contributed by atoms with E-state index in [0.717, 1.165) is 4.90 Å². The first-order valence-electron chi connectivity index (χ1n) is 5.50. The number of carbonyl (C=O) groups excluding carboxylic acids is 1. The summed E-state index contributed by atoms with van der Waals surface area (Å²) in [6.07, 6.45) is 0. The SMILES string of the molecule is CC(C)C(C#N)NC(=O)CSc1ccccc1. The van der Waals surface area contributed by atoms with Crippen molar-refractivity contribution in [2.75, 3.05) is 5.75 Å². The molecule has 1 rings (SSSR count). The third kappa shape index (κ3) is 4.92. The molecule has 3 nitrogen and oxygen atoms in total. The van der Waals surface area contributed by atoms with Crippen LogP contribution in [0.3, 0.4) is 0 Å². The van der Waals surface area contributed by atoms with E-state index in [-0.39, 0.29) is 11.8 Å². The Morgan fingerprint density at radius 2 is 2.06 bits per heavy atom. The minimum atomic E-state index is -0.404. The first kappa shape index (κ1) is 13.6. The van der Waals surface area contributed by atoms with E-state index in [1.54, 1.807) is 0 Å². The van der Waals surface area contributed by atoms with Crippen molar-refractivity contribution in [1.29, 1.82) is 5.26 Å². The smallest absolute Gasteiger partial charge is 0.231 e. The van der Waals surface area contributed by atoms with Crippen LogP contribution in [0.25, 0.3) is 0 Å². The standard InChI is InChI=1S/C13H16N2OS/c1-10(2)12(8-14)15-13(16)9-17-11-6-4-3-5-7-11/h3-7,10,12H,9H2,1-2H3,(H,15,16). The second-order valence-electron chi connectivity index (χ2n) is 4.02. The largest absolute Gasteiger partial charge is 0.339 e. The van der Waals surface area contributed by atoms with Crippen molar-refractivity contribution in [3.63, 3.8) is 0 Å². The fourth-order valence-electron chi connectivity index (χ4n) is 1.23. The topological polar surface area (TPSA) is 52.9 Å². The fraction of sp³-hybridized carbons (Fsp3) is 0.385. The number of amides is 1. The van der Waals surface area contributed by atoms with Crippen molar-refractivity contribution in [3.05, 3.63) is 30.3 Å². The maximum absolute atomic E-state index is 11.6. The predicted molar refractivity (Wildman–Crippen MR) is 69.5 cm³/mol. The molecule has 0 saturated carbocycles. The average Bonchev–Trinajstić information content (AvgIpc) is 2.34. The van der Waals surface area contributed by atoms with Crippen LogP contribution in [-0.2, 0) is 4.79 Å². The molecule has 0 radical (unpaired) electrons. The molecule has 0 aromatic heterocycles. The second-order valence-corrected chi connectivity index (χ2v) is 5.07. The van der Waals surface area contributed by atoms with Crippen LogP contribution in [0.5, 0.6) is 0 Å². The number of hydrogen-bond acceptors (Lipinski definition) is 3. The van der Waals surface area contributed by atoms with Crippen LogP contribution < -0.4 is 5.32 Å². The minimum Gasteiger partial charge on any atom is -0.339 e. The number of benzene rings is 1. The van der Waals surface area contributed by atoms with Gasteiger partial charge in [0.05, 0.1) is 11.8 Å². The highest BCUT2D eigenvalue weighted by molar-refractivity contribution is 8.00. The zero-order valence-corrected chi connectivity index (χ0v) is 10.8. The lowest BCUT2D eigenvalue weighted by Gasteiger charge is -2.14. The summed E-state index contributed by atoms with van der Waals surface area (Å²) in [5.41, 5.74) is 0. The molecule has 1 aromatic rings. The molecule has 0 fully saturated rings. The van der Waals surface area contributed by atoms with E-state index in [2.05, 4.69) is 11.4 Å². The molecule has 0 spiro atoms. The van der Waals surface area contributed by atoms with Gasteiger partial charge in [0.15, 0.2) is 0 Å². The van der Waals surface area contributed by atoms with Gasteiger partial charge < -0.3 is 5.32 Å². The third-order valence-electron chi connectivity index (χ3n) is 2.24. The number of nitriles is 1. The molecule has 0 aliphatic heterocycles. The Labute approximate surface area is 106 Å². The maximum Gasteiger partial charge on any atom is 0.231 e. The summed E-state index contributed by atoms with van der Waals surface area (Å²) in [6, 6.07) is 11.4. The number of carbonyl (C=O) groups is 1. The molecule has 90 valence electrons. The molecule has 1 unspecified atom stereocenters.